The Bertz CT molecular complexity index is 592. The minimum Gasteiger partial charge on any atom is -0.481 e. The zero-order chi connectivity index (χ0) is 17.0. The van der Waals surface area contributed by atoms with E-state index in [1.54, 1.807) is 0 Å². The molecule has 2 amide bonds. The maximum absolute atomic E-state index is 12.5. The van der Waals surface area contributed by atoms with Gasteiger partial charge in [0.2, 0.25) is 0 Å². The summed E-state index contributed by atoms with van der Waals surface area (Å²) in [5, 5.41) is 11.4. The number of carbonyl (C=O) groups is 2. The number of nitrogens with zero attached hydrogens (tertiary/aromatic N) is 2. The van der Waals surface area contributed by atoms with Gasteiger partial charge in [-0.2, -0.15) is 13.2 Å². The molecule has 1 atom stereocenters. The first-order valence-corrected chi connectivity index (χ1v) is 7.06. The summed E-state index contributed by atoms with van der Waals surface area (Å²) in [6.07, 6.45) is -3.94. The number of carboxylic acid groups (broad SMARTS) is 1. The predicted octanol–water partition coefficient (Wildman–Crippen LogP) is 1.76. The highest BCUT2D eigenvalue weighted by Gasteiger charge is 2.32. The molecular formula is C14H16F3N3O3. The van der Waals surface area contributed by atoms with Crippen LogP contribution in [0.25, 0.3) is 0 Å². The molecule has 0 radical (unpaired) electrons. The van der Waals surface area contributed by atoms with Gasteiger partial charge in [-0.1, -0.05) is 6.07 Å². The molecule has 0 saturated carbocycles. The van der Waals surface area contributed by atoms with Crippen molar-refractivity contribution < 1.29 is 27.9 Å². The third-order valence-corrected chi connectivity index (χ3v) is 3.58. The molecule has 9 heteroatoms. The quantitative estimate of drug-likeness (QED) is 0.881. The average molecular weight is 331 g/mol. The number of halogens is 3. The van der Waals surface area contributed by atoms with Crippen LogP contribution in [0.1, 0.15) is 17.8 Å². The number of likely N-dealkylation sites (tertiary alicyclic amines) is 1. The minimum absolute atomic E-state index is 0.126. The van der Waals surface area contributed by atoms with Crippen LogP contribution < -0.4 is 5.32 Å². The number of aliphatic carboxylic acids is 1. The summed E-state index contributed by atoms with van der Waals surface area (Å²) >= 11 is 0. The van der Waals surface area contributed by atoms with Crippen molar-refractivity contribution in [2.24, 2.45) is 5.92 Å². The summed E-state index contributed by atoms with van der Waals surface area (Å²) in [5.41, 5.74) is -0.741. The Kier molecular flexibility index (Phi) is 5.07. The molecule has 0 bridgehead atoms. The highest BCUT2D eigenvalue weighted by molar-refractivity contribution is 5.77. The van der Waals surface area contributed by atoms with E-state index in [0.29, 0.717) is 13.0 Å². The van der Waals surface area contributed by atoms with Gasteiger partial charge >= 0.3 is 18.2 Å². The molecule has 0 spiro atoms. The van der Waals surface area contributed by atoms with Gasteiger partial charge in [-0.25, -0.2) is 9.78 Å². The van der Waals surface area contributed by atoms with E-state index < -0.39 is 29.8 Å². The molecule has 0 aliphatic carbocycles. The van der Waals surface area contributed by atoms with Crippen molar-refractivity contribution in [1.82, 2.24) is 15.2 Å². The lowest BCUT2D eigenvalue weighted by molar-refractivity contribution is -0.142. The van der Waals surface area contributed by atoms with Gasteiger partial charge < -0.3 is 15.3 Å². The van der Waals surface area contributed by atoms with Crippen molar-refractivity contribution in [3.05, 3.63) is 29.6 Å². The Labute approximate surface area is 130 Å². The number of rotatable bonds is 4. The van der Waals surface area contributed by atoms with Crippen LogP contribution in [-0.4, -0.2) is 46.6 Å². The Hall–Kier alpha value is -2.32. The van der Waals surface area contributed by atoms with Gasteiger partial charge in [-0.05, 0) is 18.6 Å². The first kappa shape index (κ1) is 17.0. The van der Waals surface area contributed by atoms with Crippen molar-refractivity contribution in [2.45, 2.75) is 19.0 Å². The first-order valence-electron chi connectivity index (χ1n) is 7.06. The molecule has 2 rings (SSSR count). The molecule has 1 fully saturated rings. The molecule has 1 saturated heterocycles. The SMILES string of the molecule is O=C(O)C1CCN(C(=O)NCCc2cccc(C(F)(F)F)n2)C1. The normalized spacial score (nSPS) is 18.0. The van der Waals surface area contributed by atoms with Gasteiger partial charge in [0.1, 0.15) is 5.69 Å². The topological polar surface area (TPSA) is 82.5 Å². The highest BCUT2D eigenvalue weighted by atomic mass is 19.4. The largest absolute Gasteiger partial charge is 0.481 e. The van der Waals surface area contributed by atoms with E-state index in [0.717, 1.165) is 6.07 Å². The molecule has 23 heavy (non-hydrogen) atoms. The maximum Gasteiger partial charge on any atom is 0.433 e. The van der Waals surface area contributed by atoms with Crippen molar-refractivity contribution in [3.8, 4) is 0 Å². The van der Waals surface area contributed by atoms with Crippen molar-refractivity contribution in [3.63, 3.8) is 0 Å². The third-order valence-electron chi connectivity index (χ3n) is 3.58. The van der Waals surface area contributed by atoms with Crippen LogP contribution in [0.5, 0.6) is 0 Å². The average Bonchev–Trinajstić information content (AvgIpc) is 2.97. The summed E-state index contributed by atoms with van der Waals surface area (Å²) in [7, 11) is 0. The van der Waals surface area contributed by atoms with Crippen LogP contribution in [0.3, 0.4) is 0 Å². The first-order chi connectivity index (χ1) is 10.8. The van der Waals surface area contributed by atoms with Crippen molar-refractivity contribution in [2.75, 3.05) is 19.6 Å². The number of nitrogens with one attached hydrogen (secondary N) is 1. The molecule has 2 heterocycles. The number of carbonyl (C=O) groups excluding carboxylic acids is 1. The number of urea groups is 1. The van der Waals surface area contributed by atoms with Gasteiger partial charge in [-0.3, -0.25) is 4.79 Å². The van der Waals surface area contributed by atoms with Crippen LogP contribution in [0.2, 0.25) is 0 Å². The number of alkyl halides is 3. The second kappa shape index (κ2) is 6.84. The predicted molar refractivity (Wildman–Crippen MR) is 73.7 cm³/mol. The summed E-state index contributed by atoms with van der Waals surface area (Å²) < 4.78 is 37.6. The molecule has 6 nitrogen and oxygen atoms in total. The Morgan fingerprint density at radius 2 is 2.13 bits per heavy atom. The summed E-state index contributed by atoms with van der Waals surface area (Å²) in [4.78, 5) is 27.6. The zero-order valence-electron chi connectivity index (χ0n) is 12.1. The van der Waals surface area contributed by atoms with Gasteiger partial charge in [0, 0.05) is 31.7 Å². The van der Waals surface area contributed by atoms with E-state index in [4.69, 9.17) is 5.11 Å². The van der Waals surface area contributed by atoms with Crippen LogP contribution in [0.15, 0.2) is 18.2 Å². The lowest BCUT2D eigenvalue weighted by atomic mass is 10.1. The van der Waals surface area contributed by atoms with E-state index in [-0.39, 0.29) is 25.2 Å². The fourth-order valence-electron chi connectivity index (χ4n) is 2.33. The van der Waals surface area contributed by atoms with Crippen LogP contribution >= 0.6 is 0 Å². The second-order valence-corrected chi connectivity index (χ2v) is 5.26. The molecule has 126 valence electrons. The molecule has 2 N–H and O–H groups in total. The Morgan fingerprint density at radius 3 is 2.74 bits per heavy atom. The number of aromatic nitrogens is 1. The number of hydrogen-bond donors (Lipinski definition) is 2. The van der Waals surface area contributed by atoms with E-state index in [1.807, 2.05) is 0 Å². The van der Waals surface area contributed by atoms with Crippen molar-refractivity contribution >= 4 is 12.0 Å². The standard InChI is InChI=1S/C14H16F3N3O3/c15-14(16,17)11-3-1-2-10(19-11)4-6-18-13(23)20-7-5-9(8-20)12(21)22/h1-3,9H,4-8H2,(H,18,23)(H,21,22). The van der Waals surface area contributed by atoms with E-state index in [9.17, 15) is 22.8 Å². The maximum atomic E-state index is 12.5. The summed E-state index contributed by atoms with van der Waals surface area (Å²) in [6, 6.07) is 3.20. The lowest BCUT2D eigenvalue weighted by Gasteiger charge is -2.16. The van der Waals surface area contributed by atoms with Crippen LogP contribution in [0, 0.1) is 5.92 Å². The molecule has 1 aromatic rings. The van der Waals surface area contributed by atoms with E-state index >= 15 is 0 Å². The number of hydrogen-bond acceptors (Lipinski definition) is 3. The van der Waals surface area contributed by atoms with Gasteiger partial charge in [-0.15, -0.1) is 0 Å². The monoisotopic (exact) mass is 331 g/mol. The molecule has 0 aromatic carbocycles. The summed E-state index contributed by atoms with van der Waals surface area (Å²) in [5.74, 6) is -1.50. The number of amides is 2. The van der Waals surface area contributed by atoms with E-state index in [1.165, 1.54) is 17.0 Å². The zero-order valence-corrected chi connectivity index (χ0v) is 12.1. The molecule has 1 aromatic heterocycles. The number of carboxylic acids is 1. The molecule has 1 unspecified atom stereocenters. The van der Waals surface area contributed by atoms with Gasteiger partial charge in [0.05, 0.1) is 5.92 Å². The Morgan fingerprint density at radius 1 is 1.39 bits per heavy atom. The Balaban J connectivity index is 1.81. The summed E-state index contributed by atoms with van der Waals surface area (Å²) in [6.45, 7) is 0.620. The highest BCUT2D eigenvalue weighted by Crippen LogP contribution is 2.27. The minimum atomic E-state index is -4.50. The van der Waals surface area contributed by atoms with Crippen LogP contribution in [-0.2, 0) is 17.4 Å². The smallest absolute Gasteiger partial charge is 0.433 e. The second-order valence-electron chi connectivity index (χ2n) is 5.26. The molecule has 1 aliphatic heterocycles. The van der Waals surface area contributed by atoms with Gasteiger partial charge in [0.15, 0.2) is 0 Å². The fraction of sp³-hybridized carbons (Fsp3) is 0.500. The lowest BCUT2D eigenvalue weighted by Crippen LogP contribution is -2.39. The van der Waals surface area contributed by atoms with Crippen molar-refractivity contribution in [1.29, 1.82) is 0 Å². The molecular weight excluding hydrogens is 315 g/mol. The van der Waals surface area contributed by atoms with Gasteiger partial charge in [0.25, 0.3) is 0 Å². The fourth-order valence-corrected chi connectivity index (χ4v) is 2.33. The van der Waals surface area contributed by atoms with Crippen LogP contribution in [0.4, 0.5) is 18.0 Å². The molecule has 1 aliphatic rings. The number of pyridine rings is 1. The third kappa shape index (κ3) is 4.57. The van der Waals surface area contributed by atoms with E-state index in [2.05, 4.69) is 10.3 Å².